The normalized spacial score (nSPS) is 9.85. The van der Waals surface area contributed by atoms with E-state index in [1.807, 2.05) is 6.07 Å². The van der Waals surface area contributed by atoms with Gasteiger partial charge in [-0.2, -0.15) is 5.26 Å². The van der Waals surface area contributed by atoms with Gasteiger partial charge >= 0.3 is 0 Å². The first-order chi connectivity index (χ1) is 9.61. The Morgan fingerprint density at radius 1 is 1.25 bits per heavy atom. The van der Waals surface area contributed by atoms with Crippen molar-refractivity contribution >= 4 is 17.4 Å². The molecule has 0 N–H and O–H groups in total. The summed E-state index contributed by atoms with van der Waals surface area (Å²) in [5, 5.41) is 8.77. The Morgan fingerprint density at radius 2 is 1.95 bits per heavy atom. The molecule has 2 rings (SSSR count). The summed E-state index contributed by atoms with van der Waals surface area (Å²) in [5.41, 5.74) is 0.844. The lowest BCUT2D eigenvalue weighted by atomic mass is 10.1. The number of rotatable bonds is 4. The molecule has 0 saturated carbocycles. The van der Waals surface area contributed by atoms with Gasteiger partial charge in [-0.3, -0.25) is 4.79 Å². The van der Waals surface area contributed by atoms with E-state index in [1.54, 1.807) is 0 Å². The maximum Gasteiger partial charge on any atom is 0.200 e. The van der Waals surface area contributed by atoms with E-state index in [1.165, 1.54) is 42.5 Å². The van der Waals surface area contributed by atoms with E-state index in [9.17, 15) is 9.18 Å². The van der Waals surface area contributed by atoms with Gasteiger partial charge in [0.2, 0.25) is 0 Å². The van der Waals surface area contributed by atoms with Crippen LogP contribution in [0.3, 0.4) is 0 Å². The number of hydrogen-bond acceptors (Lipinski definition) is 3. The number of nitrogens with zero attached hydrogens (tertiary/aromatic N) is 1. The average Bonchev–Trinajstić information content (AvgIpc) is 2.46. The molecule has 0 fully saturated rings. The Balaban J connectivity index is 2.07. The first-order valence-electron chi connectivity index (χ1n) is 5.72. The molecule has 0 aromatic heterocycles. The molecule has 2 aromatic rings. The quantitative estimate of drug-likeness (QED) is 0.808. The largest absolute Gasteiger partial charge is 0.481 e. The third-order valence-electron chi connectivity index (χ3n) is 2.60. The molecule has 0 saturated heterocycles. The zero-order chi connectivity index (χ0) is 14.5. The van der Waals surface area contributed by atoms with Gasteiger partial charge in [0.15, 0.2) is 24.0 Å². The van der Waals surface area contributed by atoms with E-state index < -0.39 is 5.82 Å². The molecule has 0 amide bonds. The molecular weight excluding hydrogens is 281 g/mol. The van der Waals surface area contributed by atoms with Gasteiger partial charge in [0.1, 0.15) is 0 Å². The van der Waals surface area contributed by atoms with Crippen LogP contribution < -0.4 is 4.74 Å². The second-order valence-corrected chi connectivity index (χ2v) is 4.36. The van der Waals surface area contributed by atoms with Gasteiger partial charge in [0.05, 0.1) is 16.7 Å². The second kappa shape index (κ2) is 6.18. The third kappa shape index (κ3) is 3.14. The van der Waals surface area contributed by atoms with E-state index in [0.29, 0.717) is 11.1 Å². The number of carbonyl (C=O) groups is 1. The van der Waals surface area contributed by atoms with Crippen LogP contribution in [-0.2, 0) is 0 Å². The molecule has 0 unspecified atom stereocenters. The average molecular weight is 290 g/mol. The van der Waals surface area contributed by atoms with E-state index >= 15 is 0 Å². The van der Waals surface area contributed by atoms with Gasteiger partial charge in [-0.05, 0) is 36.4 Å². The lowest BCUT2D eigenvalue weighted by Gasteiger charge is -2.08. The van der Waals surface area contributed by atoms with Crippen LogP contribution in [0.25, 0.3) is 0 Å². The monoisotopic (exact) mass is 289 g/mol. The highest BCUT2D eigenvalue weighted by atomic mass is 35.5. The van der Waals surface area contributed by atoms with Crippen molar-refractivity contribution in [1.29, 1.82) is 5.26 Å². The molecule has 5 heteroatoms. The molecule has 0 spiro atoms. The lowest BCUT2D eigenvalue weighted by molar-refractivity contribution is 0.0919. The number of nitriles is 1. The molecule has 0 aliphatic carbocycles. The van der Waals surface area contributed by atoms with Crippen molar-refractivity contribution in [1.82, 2.24) is 0 Å². The smallest absolute Gasteiger partial charge is 0.200 e. The molecule has 2 aromatic carbocycles. The van der Waals surface area contributed by atoms with Crippen LogP contribution in [0.1, 0.15) is 15.9 Å². The minimum atomic E-state index is -0.620. The van der Waals surface area contributed by atoms with E-state index in [4.69, 9.17) is 21.6 Å². The summed E-state index contributed by atoms with van der Waals surface area (Å²) in [7, 11) is 0. The summed E-state index contributed by atoms with van der Waals surface area (Å²) in [6, 6.07) is 12.2. The first-order valence-corrected chi connectivity index (χ1v) is 6.10. The maximum absolute atomic E-state index is 13.4. The fraction of sp³-hybridized carbons (Fsp3) is 0.0667. The Morgan fingerprint density at radius 3 is 2.55 bits per heavy atom. The van der Waals surface area contributed by atoms with Crippen LogP contribution in [0, 0.1) is 17.1 Å². The van der Waals surface area contributed by atoms with E-state index in [0.717, 1.165) is 0 Å². The van der Waals surface area contributed by atoms with Gasteiger partial charge in [-0.1, -0.05) is 17.7 Å². The molecular formula is C15H9ClFNO2. The van der Waals surface area contributed by atoms with E-state index in [2.05, 4.69) is 0 Å². The molecule has 20 heavy (non-hydrogen) atoms. The second-order valence-electron chi connectivity index (χ2n) is 3.95. The van der Waals surface area contributed by atoms with Gasteiger partial charge in [-0.25, -0.2) is 4.39 Å². The van der Waals surface area contributed by atoms with Crippen molar-refractivity contribution < 1.29 is 13.9 Å². The Bertz CT molecular complexity index is 657. The highest BCUT2D eigenvalue weighted by molar-refractivity contribution is 6.32. The third-order valence-corrected chi connectivity index (χ3v) is 2.90. The van der Waals surface area contributed by atoms with Gasteiger partial charge in [0, 0.05) is 5.56 Å². The standard InChI is InChI=1S/C15H9ClFNO2/c16-12-2-1-3-13(17)15(12)20-9-14(19)11-6-4-10(8-18)5-7-11/h1-7H,9H2. The zero-order valence-corrected chi connectivity index (χ0v) is 11.0. The number of ether oxygens (including phenoxy) is 1. The van der Waals surface area contributed by atoms with Crippen LogP contribution >= 0.6 is 11.6 Å². The number of benzene rings is 2. The number of hydrogen-bond donors (Lipinski definition) is 0. The number of halogens is 2. The summed E-state index contributed by atoms with van der Waals surface area (Å²) in [6.45, 7) is -0.327. The van der Waals surface area contributed by atoms with Crippen LogP contribution in [-0.4, -0.2) is 12.4 Å². The summed E-state index contributed by atoms with van der Waals surface area (Å²) in [5.74, 6) is -1.09. The highest BCUT2D eigenvalue weighted by Crippen LogP contribution is 2.27. The number of carbonyl (C=O) groups excluding carboxylic acids is 1. The van der Waals surface area contributed by atoms with Crippen molar-refractivity contribution in [2.75, 3.05) is 6.61 Å². The fourth-order valence-corrected chi connectivity index (χ4v) is 1.79. The maximum atomic E-state index is 13.4. The zero-order valence-electron chi connectivity index (χ0n) is 10.3. The van der Waals surface area contributed by atoms with Crippen LogP contribution in [0.2, 0.25) is 5.02 Å². The Kier molecular flexibility index (Phi) is 4.34. The van der Waals surface area contributed by atoms with Gasteiger partial charge in [0.25, 0.3) is 0 Å². The Labute approximate surface area is 120 Å². The summed E-state index contributed by atoms with van der Waals surface area (Å²) >= 11 is 5.79. The molecule has 0 heterocycles. The summed E-state index contributed by atoms with van der Waals surface area (Å²) in [6.07, 6.45) is 0. The highest BCUT2D eigenvalue weighted by Gasteiger charge is 2.12. The predicted molar refractivity (Wildman–Crippen MR) is 72.4 cm³/mol. The van der Waals surface area contributed by atoms with Crippen LogP contribution in [0.5, 0.6) is 5.75 Å². The number of Topliss-reactive ketones (excluding diaryl/α,β-unsaturated/α-hetero) is 1. The molecule has 0 bridgehead atoms. The minimum absolute atomic E-state index is 0.109. The molecule has 3 nitrogen and oxygen atoms in total. The number of ketones is 1. The Hall–Kier alpha value is -2.38. The number of para-hydroxylation sites is 1. The summed E-state index contributed by atoms with van der Waals surface area (Å²) < 4.78 is 18.6. The van der Waals surface area contributed by atoms with E-state index in [-0.39, 0.29) is 23.2 Å². The van der Waals surface area contributed by atoms with Crippen molar-refractivity contribution in [2.24, 2.45) is 0 Å². The SMILES string of the molecule is N#Cc1ccc(C(=O)COc2c(F)cccc2Cl)cc1. The van der Waals surface area contributed by atoms with Crippen molar-refractivity contribution in [3.8, 4) is 11.8 Å². The molecule has 0 aliphatic heterocycles. The summed E-state index contributed by atoms with van der Waals surface area (Å²) in [4.78, 5) is 11.9. The first kappa shape index (κ1) is 14.0. The van der Waals surface area contributed by atoms with Crippen molar-refractivity contribution in [3.05, 3.63) is 64.4 Å². The van der Waals surface area contributed by atoms with Gasteiger partial charge in [-0.15, -0.1) is 0 Å². The van der Waals surface area contributed by atoms with Gasteiger partial charge < -0.3 is 4.74 Å². The lowest BCUT2D eigenvalue weighted by Crippen LogP contribution is -2.12. The van der Waals surface area contributed by atoms with Crippen molar-refractivity contribution in [3.63, 3.8) is 0 Å². The topological polar surface area (TPSA) is 50.1 Å². The molecule has 0 atom stereocenters. The van der Waals surface area contributed by atoms with Crippen molar-refractivity contribution in [2.45, 2.75) is 0 Å². The fourth-order valence-electron chi connectivity index (χ4n) is 1.57. The van der Waals surface area contributed by atoms with Crippen LogP contribution in [0.4, 0.5) is 4.39 Å². The predicted octanol–water partition coefficient (Wildman–Crippen LogP) is 3.61. The molecule has 0 radical (unpaired) electrons. The van der Waals surface area contributed by atoms with Crippen LogP contribution in [0.15, 0.2) is 42.5 Å². The minimum Gasteiger partial charge on any atom is -0.481 e. The molecule has 0 aliphatic rings. The molecule has 100 valence electrons.